The summed E-state index contributed by atoms with van der Waals surface area (Å²) in [6, 6.07) is 9.44. The standard InChI is InChI=1S/C20H19BrN4O5/c1-20(2,3)11-30-17-12(8-13(21)9-16(17)25(28)29)10-22-24-18(26)14-6-4-5-7-15(14)23-19(24)27/h4-10H,11H2,1-3H3,(H,23,27). The molecular formula is C20H19BrN4O5. The molecule has 3 aromatic rings. The number of nitro benzene ring substituents is 1. The number of para-hydroxylation sites is 1. The molecule has 0 unspecified atom stereocenters. The molecule has 0 amide bonds. The summed E-state index contributed by atoms with van der Waals surface area (Å²) in [5.74, 6) is 0.00661. The number of aromatic amines is 1. The van der Waals surface area contributed by atoms with E-state index in [4.69, 9.17) is 4.74 Å². The molecule has 3 rings (SSSR count). The molecule has 156 valence electrons. The Morgan fingerprint density at radius 2 is 1.97 bits per heavy atom. The number of rotatable bonds is 5. The lowest BCUT2D eigenvalue weighted by Crippen LogP contribution is -2.32. The van der Waals surface area contributed by atoms with Crippen LogP contribution in [0, 0.1) is 15.5 Å². The maximum atomic E-state index is 12.6. The van der Waals surface area contributed by atoms with Gasteiger partial charge in [0.15, 0.2) is 0 Å². The van der Waals surface area contributed by atoms with Gasteiger partial charge in [-0.2, -0.15) is 5.10 Å². The number of nitro groups is 1. The van der Waals surface area contributed by atoms with Crippen molar-refractivity contribution in [2.45, 2.75) is 20.8 Å². The summed E-state index contributed by atoms with van der Waals surface area (Å²) in [5, 5.41) is 15.8. The highest BCUT2D eigenvalue weighted by Gasteiger charge is 2.23. The third kappa shape index (κ3) is 4.65. The van der Waals surface area contributed by atoms with Crippen LogP contribution in [0.15, 0.2) is 55.6 Å². The molecule has 0 fully saturated rings. The smallest absolute Gasteiger partial charge is 0.349 e. The van der Waals surface area contributed by atoms with Gasteiger partial charge in [0.1, 0.15) is 0 Å². The molecule has 0 saturated heterocycles. The quantitative estimate of drug-likeness (QED) is 0.343. The van der Waals surface area contributed by atoms with Crippen LogP contribution in [0.25, 0.3) is 10.9 Å². The molecule has 0 spiro atoms. The lowest BCUT2D eigenvalue weighted by Gasteiger charge is -2.19. The molecule has 1 aromatic heterocycles. The highest BCUT2D eigenvalue weighted by atomic mass is 79.9. The van der Waals surface area contributed by atoms with E-state index in [0.717, 1.165) is 0 Å². The van der Waals surface area contributed by atoms with Crippen molar-refractivity contribution in [3.8, 4) is 5.75 Å². The lowest BCUT2D eigenvalue weighted by atomic mass is 9.98. The highest BCUT2D eigenvalue weighted by molar-refractivity contribution is 9.10. The van der Waals surface area contributed by atoms with E-state index >= 15 is 0 Å². The van der Waals surface area contributed by atoms with Crippen molar-refractivity contribution in [2.24, 2.45) is 10.5 Å². The average molecular weight is 475 g/mol. The minimum absolute atomic E-state index is 0.00661. The molecule has 10 heteroatoms. The summed E-state index contributed by atoms with van der Waals surface area (Å²) in [7, 11) is 0. The van der Waals surface area contributed by atoms with Crippen molar-refractivity contribution in [1.29, 1.82) is 0 Å². The Morgan fingerprint density at radius 1 is 1.27 bits per heavy atom. The van der Waals surface area contributed by atoms with Crippen molar-refractivity contribution in [3.63, 3.8) is 0 Å². The third-order valence-corrected chi connectivity index (χ3v) is 4.46. The van der Waals surface area contributed by atoms with Gasteiger partial charge in [0.05, 0.1) is 28.6 Å². The number of aromatic nitrogens is 2. The molecule has 0 aliphatic carbocycles. The van der Waals surface area contributed by atoms with Gasteiger partial charge in [0, 0.05) is 16.1 Å². The Bertz CT molecular complexity index is 1270. The van der Waals surface area contributed by atoms with Gasteiger partial charge in [-0.15, -0.1) is 4.68 Å². The normalized spacial score (nSPS) is 11.9. The van der Waals surface area contributed by atoms with E-state index in [-0.39, 0.29) is 29.0 Å². The molecule has 0 atom stereocenters. The first kappa shape index (κ1) is 21.4. The maximum Gasteiger partial charge on any atom is 0.349 e. The molecule has 0 aliphatic heterocycles. The molecule has 0 saturated carbocycles. The van der Waals surface area contributed by atoms with E-state index < -0.39 is 16.2 Å². The van der Waals surface area contributed by atoms with Crippen LogP contribution >= 0.6 is 15.9 Å². The lowest BCUT2D eigenvalue weighted by molar-refractivity contribution is -0.386. The summed E-state index contributed by atoms with van der Waals surface area (Å²) in [6.45, 7) is 6.01. The fourth-order valence-electron chi connectivity index (χ4n) is 2.66. The van der Waals surface area contributed by atoms with Gasteiger partial charge in [-0.1, -0.05) is 48.8 Å². The van der Waals surface area contributed by atoms with Gasteiger partial charge in [-0.05, 0) is 23.6 Å². The topological polar surface area (TPSA) is 120 Å². The highest BCUT2D eigenvalue weighted by Crippen LogP contribution is 2.35. The summed E-state index contributed by atoms with van der Waals surface area (Å²) < 4.78 is 6.84. The zero-order chi connectivity index (χ0) is 22.1. The fraction of sp³-hybridized carbons (Fsp3) is 0.250. The predicted molar refractivity (Wildman–Crippen MR) is 118 cm³/mol. The fourth-order valence-corrected chi connectivity index (χ4v) is 3.12. The Labute approximate surface area is 179 Å². The number of halogens is 1. The van der Waals surface area contributed by atoms with Gasteiger partial charge in [0.2, 0.25) is 5.75 Å². The zero-order valence-electron chi connectivity index (χ0n) is 16.5. The second-order valence-corrected chi connectivity index (χ2v) is 8.70. The number of hydrogen-bond donors (Lipinski definition) is 1. The van der Waals surface area contributed by atoms with E-state index in [2.05, 4.69) is 26.0 Å². The number of nitrogens with one attached hydrogen (secondary N) is 1. The second kappa shape index (κ2) is 8.23. The molecule has 9 nitrogen and oxygen atoms in total. The number of H-pyrrole nitrogens is 1. The molecule has 0 radical (unpaired) electrons. The van der Waals surface area contributed by atoms with Crippen molar-refractivity contribution in [1.82, 2.24) is 9.66 Å². The first-order valence-electron chi connectivity index (χ1n) is 8.96. The Morgan fingerprint density at radius 3 is 2.63 bits per heavy atom. The van der Waals surface area contributed by atoms with Gasteiger partial charge in [-0.3, -0.25) is 14.9 Å². The van der Waals surface area contributed by atoms with E-state index in [9.17, 15) is 19.7 Å². The van der Waals surface area contributed by atoms with Crippen LogP contribution in [0.1, 0.15) is 26.3 Å². The third-order valence-electron chi connectivity index (χ3n) is 4.01. The average Bonchev–Trinajstić information content (AvgIpc) is 2.65. The number of benzene rings is 2. The molecular weight excluding hydrogens is 456 g/mol. The van der Waals surface area contributed by atoms with Crippen molar-refractivity contribution in [2.75, 3.05) is 6.61 Å². The first-order valence-corrected chi connectivity index (χ1v) is 9.75. The molecule has 1 N–H and O–H groups in total. The number of ether oxygens (including phenoxy) is 1. The van der Waals surface area contributed by atoms with Crippen LogP contribution in [0.2, 0.25) is 0 Å². The molecule has 1 heterocycles. The van der Waals surface area contributed by atoms with Gasteiger partial charge < -0.3 is 9.72 Å². The summed E-state index contributed by atoms with van der Waals surface area (Å²) >= 11 is 3.24. The summed E-state index contributed by atoms with van der Waals surface area (Å²) in [6.07, 6.45) is 1.20. The largest absolute Gasteiger partial charge is 0.486 e. The second-order valence-electron chi connectivity index (χ2n) is 7.79. The molecule has 0 bridgehead atoms. The van der Waals surface area contributed by atoms with Crippen LogP contribution in [0.3, 0.4) is 0 Å². The van der Waals surface area contributed by atoms with Crippen molar-refractivity contribution < 1.29 is 9.66 Å². The maximum absolute atomic E-state index is 12.6. The van der Waals surface area contributed by atoms with Crippen LogP contribution in [-0.4, -0.2) is 27.4 Å². The molecule has 30 heavy (non-hydrogen) atoms. The predicted octanol–water partition coefficient (Wildman–Crippen LogP) is 3.67. The van der Waals surface area contributed by atoms with E-state index in [1.807, 2.05) is 20.8 Å². The van der Waals surface area contributed by atoms with Crippen LogP contribution in [-0.2, 0) is 0 Å². The van der Waals surface area contributed by atoms with Gasteiger partial charge in [0.25, 0.3) is 5.56 Å². The first-order chi connectivity index (χ1) is 14.1. The zero-order valence-corrected chi connectivity index (χ0v) is 18.1. The minimum atomic E-state index is -0.725. The number of hydrogen-bond acceptors (Lipinski definition) is 6. The summed E-state index contributed by atoms with van der Waals surface area (Å²) in [5.41, 5.74) is -1.19. The van der Waals surface area contributed by atoms with Crippen LogP contribution in [0.5, 0.6) is 5.75 Å². The minimum Gasteiger partial charge on any atom is -0.486 e. The van der Waals surface area contributed by atoms with Crippen LogP contribution < -0.4 is 16.0 Å². The van der Waals surface area contributed by atoms with Crippen molar-refractivity contribution in [3.05, 3.63) is 77.4 Å². The molecule has 2 aromatic carbocycles. The van der Waals surface area contributed by atoms with E-state index in [0.29, 0.717) is 20.1 Å². The Kier molecular flexibility index (Phi) is 5.88. The van der Waals surface area contributed by atoms with Crippen LogP contribution in [0.4, 0.5) is 5.69 Å². The Hall–Kier alpha value is -3.27. The van der Waals surface area contributed by atoms with E-state index in [1.165, 1.54) is 12.3 Å². The van der Waals surface area contributed by atoms with E-state index in [1.54, 1.807) is 30.3 Å². The van der Waals surface area contributed by atoms with Gasteiger partial charge in [-0.25, -0.2) is 4.79 Å². The number of nitrogens with zero attached hydrogens (tertiary/aromatic N) is 3. The van der Waals surface area contributed by atoms with Gasteiger partial charge >= 0.3 is 11.4 Å². The number of fused-ring (bicyclic) bond motifs is 1. The van der Waals surface area contributed by atoms with Crippen molar-refractivity contribution >= 4 is 38.7 Å². The molecule has 0 aliphatic rings. The Balaban J connectivity index is 2.13. The summed E-state index contributed by atoms with van der Waals surface area (Å²) in [4.78, 5) is 38.5. The monoisotopic (exact) mass is 474 g/mol. The SMILES string of the molecule is CC(C)(C)COc1c(C=Nn2c(=O)[nH]c3ccccc3c2=O)cc(Br)cc1[N+](=O)[O-].